The van der Waals surface area contributed by atoms with Crippen LogP contribution in [0.2, 0.25) is 0 Å². The summed E-state index contributed by atoms with van der Waals surface area (Å²) in [5, 5.41) is 3.23. The summed E-state index contributed by atoms with van der Waals surface area (Å²) in [6.07, 6.45) is 6.09. The molecule has 0 amide bonds. The predicted octanol–water partition coefficient (Wildman–Crippen LogP) is 4.71. The van der Waals surface area contributed by atoms with E-state index in [4.69, 9.17) is 0 Å². The van der Waals surface area contributed by atoms with Crippen molar-refractivity contribution in [1.82, 2.24) is 9.88 Å². The number of nitrogens with zero attached hydrogens (tertiary/aromatic N) is 2. The Hall–Kier alpha value is -0.410. The molecule has 0 radical (unpaired) electrons. The third-order valence-electron chi connectivity index (χ3n) is 3.38. The van der Waals surface area contributed by atoms with Crippen LogP contribution in [-0.2, 0) is 5.41 Å². The lowest BCUT2D eigenvalue weighted by Crippen LogP contribution is -2.44. The largest absolute Gasteiger partial charge is 0.298 e. The molecule has 1 aliphatic heterocycles. The van der Waals surface area contributed by atoms with Gasteiger partial charge in [0, 0.05) is 22.5 Å². The second-order valence-electron chi connectivity index (χ2n) is 7.31. The summed E-state index contributed by atoms with van der Waals surface area (Å²) in [5.41, 5.74) is 0.634. The van der Waals surface area contributed by atoms with E-state index >= 15 is 0 Å². The molecule has 0 unspecified atom stereocenters. The zero-order valence-electron chi connectivity index (χ0n) is 13.5. The molecule has 2 heterocycles. The molecule has 1 saturated heterocycles. The maximum atomic E-state index is 4.21. The van der Waals surface area contributed by atoms with Crippen LogP contribution < -0.4 is 0 Å². The van der Waals surface area contributed by atoms with Crippen LogP contribution in [0.1, 0.15) is 65.8 Å². The first-order valence-electron chi connectivity index (χ1n) is 7.36. The lowest BCUT2D eigenvalue weighted by Gasteiger charge is -2.38. The minimum Gasteiger partial charge on any atom is -0.298 e. The molecule has 0 saturated carbocycles. The summed E-state index contributed by atoms with van der Waals surface area (Å²) in [6, 6.07) is 0. The standard InChI is InChI=1S/C9H19N.C7H11NS/c1-9(2,3)10-7-5-4-6-8-10;1-7(2,3)6-8-4-5-9-6/h4-8H2,1-3H3;4-5H,1-3H3. The van der Waals surface area contributed by atoms with Crippen LogP contribution in [0.25, 0.3) is 0 Å². The van der Waals surface area contributed by atoms with Gasteiger partial charge in [-0.1, -0.05) is 27.2 Å². The van der Waals surface area contributed by atoms with Crippen molar-refractivity contribution < 1.29 is 0 Å². The zero-order valence-corrected chi connectivity index (χ0v) is 14.3. The molecular formula is C16H30N2S. The van der Waals surface area contributed by atoms with Crippen LogP contribution >= 0.6 is 11.3 Å². The maximum absolute atomic E-state index is 4.21. The number of thiazole rings is 1. The van der Waals surface area contributed by atoms with Gasteiger partial charge in [0.1, 0.15) is 0 Å². The topological polar surface area (TPSA) is 16.1 Å². The van der Waals surface area contributed by atoms with Gasteiger partial charge in [-0.05, 0) is 46.7 Å². The van der Waals surface area contributed by atoms with E-state index < -0.39 is 0 Å². The summed E-state index contributed by atoms with van der Waals surface area (Å²) >= 11 is 1.72. The van der Waals surface area contributed by atoms with Gasteiger partial charge in [-0.3, -0.25) is 4.90 Å². The maximum Gasteiger partial charge on any atom is 0.0978 e. The number of hydrogen-bond acceptors (Lipinski definition) is 3. The fourth-order valence-electron chi connectivity index (χ4n) is 2.16. The van der Waals surface area contributed by atoms with E-state index in [2.05, 4.69) is 51.4 Å². The van der Waals surface area contributed by atoms with Gasteiger partial charge in [0.05, 0.1) is 5.01 Å². The lowest BCUT2D eigenvalue weighted by atomic mass is 9.98. The van der Waals surface area contributed by atoms with Gasteiger partial charge in [0.2, 0.25) is 0 Å². The van der Waals surface area contributed by atoms with E-state index in [1.807, 2.05) is 11.6 Å². The molecule has 0 aliphatic carbocycles. The highest BCUT2D eigenvalue weighted by Gasteiger charge is 2.22. The highest BCUT2D eigenvalue weighted by atomic mass is 32.1. The van der Waals surface area contributed by atoms with E-state index in [0.717, 1.165) is 0 Å². The molecular weight excluding hydrogens is 252 g/mol. The van der Waals surface area contributed by atoms with Crippen molar-refractivity contribution in [3.05, 3.63) is 16.6 Å². The molecule has 110 valence electrons. The first-order valence-corrected chi connectivity index (χ1v) is 8.24. The Morgan fingerprint density at radius 1 is 1.00 bits per heavy atom. The Morgan fingerprint density at radius 3 is 1.84 bits per heavy atom. The highest BCUT2D eigenvalue weighted by Crippen LogP contribution is 2.23. The normalized spacial score (nSPS) is 17.8. The van der Waals surface area contributed by atoms with E-state index in [-0.39, 0.29) is 5.41 Å². The molecule has 1 aromatic heterocycles. The minimum absolute atomic E-state index is 0.230. The Kier molecular flexibility index (Phi) is 6.00. The third kappa shape index (κ3) is 6.05. The lowest BCUT2D eigenvalue weighted by molar-refractivity contribution is 0.111. The molecule has 2 rings (SSSR count). The highest BCUT2D eigenvalue weighted by molar-refractivity contribution is 7.09. The fourth-order valence-corrected chi connectivity index (χ4v) is 2.88. The first-order chi connectivity index (χ1) is 8.71. The monoisotopic (exact) mass is 282 g/mol. The predicted molar refractivity (Wildman–Crippen MR) is 86.0 cm³/mol. The summed E-state index contributed by atoms with van der Waals surface area (Å²) in [6.45, 7) is 16.0. The number of piperidine rings is 1. The third-order valence-corrected chi connectivity index (χ3v) is 4.58. The van der Waals surface area contributed by atoms with Crippen molar-refractivity contribution in [2.75, 3.05) is 13.1 Å². The molecule has 1 aromatic rings. The van der Waals surface area contributed by atoms with Gasteiger partial charge in [-0.25, -0.2) is 4.98 Å². The smallest absolute Gasteiger partial charge is 0.0978 e. The van der Waals surface area contributed by atoms with Crippen LogP contribution in [0.4, 0.5) is 0 Å². The number of hydrogen-bond donors (Lipinski definition) is 0. The Morgan fingerprint density at radius 2 is 1.58 bits per heavy atom. The Labute approximate surface area is 123 Å². The second kappa shape index (κ2) is 6.85. The van der Waals surface area contributed by atoms with Crippen molar-refractivity contribution in [2.45, 2.75) is 71.8 Å². The zero-order chi connectivity index (χ0) is 14.5. The quantitative estimate of drug-likeness (QED) is 0.685. The van der Waals surface area contributed by atoms with Crippen LogP contribution in [0, 0.1) is 0 Å². The average Bonchev–Trinajstić information content (AvgIpc) is 2.83. The van der Waals surface area contributed by atoms with Crippen LogP contribution in [0.3, 0.4) is 0 Å². The van der Waals surface area contributed by atoms with Crippen molar-refractivity contribution in [3.63, 3.8) is 0 Å². The van der Waals surface area contributed by atoms with Crippen molar-refractivity contribution in [2.24, 2.45) is 0 Å². The molecule has 0 atom stereocenters. The number of aromatic nitrogens is 1. The van der Waals surface area contributed by atoms with Gasteiger partial charge in [-0.15, -0.1) is 11.3 Å². The van der Waals surface area contributed by atoms with E-state index in [9.17, 15) is 0 Å². The van der Waals surface area contributed by atoms with Crippen LogP contribution in [-0.4, -0.2) is 28.5 Å². The molecule has 0 N–H and O–H groups in total. The van der Waals surface area contributed by atoms with E-state index in [1.165, 1.54) is 37.4 Å². The van der Waals surface area contributed by atoms with Crippen LogP contribution in [0.5, 0.6) is 0 Å². The molecule has 0 aromatic carbocycles. The second-order valence-corrected chi connectivity index (χ2v) is 8.20. The van der Waals surface area contributed by atoms with Gasteiger partial charge in [-0.2, -0.15) is 0 Å². The molecule has 2 nitrogen and oxygen atoms in total. The number of rotatable bonds is 0. The van der Waals surface area contributed by atoms with Gasteiger partial charge >= 0.3 is 0 Å². The number of likely N-dealkylation sites (tertiary alicyclic amines) is 1. The average molecular weight is 282 g/mol. The summed E-state index contributed by atoms with van der Waals surface area (Å²) in [7, 11) is 0. The van der Waals surface area contributed by atoms with Gasteiger partial charge < -0.3 is 0 Å². The van der Waals surface area contributed by atoms with Crippen molar-refractivity contribution in [3.8, 4) is 0 Å². The summed E-state index contributed by atoms with van der Waals surface area (Å²) in [4.78, 5) is 6.79. The fraction of sp³-hybridized carbons (Fsp3) is 0.812. The van der Waals surface area contributed by atoms with E-state index in [1.54, 1.807) is 11.3 Å². The molecule has 19 heavy (non-hydrogen) atoms. The minimum atomic E-state index is 0.230. The van der Waals surface area contributed by atoms with Crippen LogP contribution in [0.15, 0.2) is 11.6 Å². The molecule has 1 aliphatic rings. The summed E-state index contributed by atoms with van der Waals surface area (Å²) < 4.78 is 0. The molecule has 0 spiro atoms. The van der Waals surface area contributed by atoms with E-state index in [0.29, 0.717) is 5.54 Å². The molecule has 1 fully saturated rings. The van der Waals surface area contributed by atoms with Crippen molar-refractivity contribution in [1.29, 1.82) is 0 Å². The molecule has 0 bridgehead atoms. The van der Waals surface area contributed by atoms with Gasteiger partial charge in [0.15, 0.2) is 0 Å². The Balaban J connectivity index is 0.000000191. The Bertz CT molecular complexity index is 338. The first kappa shape index (κ1) is 16.6. The molecule has 3 heteroatoms. The van der Waals surface area contributed by atoms with Gasteiger partial charge in [0.25, 0.3) is 0 Å². The SMILES string of the molecule is CC(C)(C)N1CCCCC1.CC(C)(C)c1nccs1. The van der Waals surface area contributed by atoms with Crippen molar-refractivity contribution >= 4 is 11.3 Å². The summed E-state index contributed by atoms with van der Waals surface area (Å²) in [5.74, 6) is 0.